The predicted octanol–water partition coefficient (Wildman–Crippen LogP) is 11.7. The minimum atomic E-state index is -4.48. The van der Waals surface area contributed by atoms with E-state index in [1.54, 1.807) is 69.4 Å². The Morgan fingerprint density at radius 2 is 1.23 bits per heavy atom. The molecule has 0 aliphatic carbocycles. The third-order valence-corrected chi connectivity index (χ3v) is 6.91. The monoisotopic (exact) mass is 734 g/mol. The molecule has 0 bridgehead atoms. The molecule has 0 saturated carbocycles. The number of nitrogens with one attached hydrogen (secondary N) is 2. The number of aromatic nitrogens is 4. The molecule has 2 heterocycles. The topological polar surface area (TPSA) is 100 Å². The van der Waals surface area contributed by atoms with Crippen LogP contribution in [0.2, 0.25) is 0 Å². The van der Waals surface area contributed by atoms with Gasteiger partial charge in [-0.2, -0.15) is 36.6 Å². The standard InChI is InChI=1S/C39H40F6N8/c1-9-27(34-20-22-46-36(50-34)48-30(12-4)18-16-26(8)38(40,41)42)24-32(14-6)52-53-33(15-7)25-28(10-2)35-21-23-47-37(51-35)49-31(13-5)19-17-29(11-3)39(43,44)45/h9-25H,2,4,6H2,1,3,5,7-8H3,(H,46,48,50)(H,47,49,51)/b19-17-,26-16+,27-9+,28-25+,29-11+,30-18+,31-13+,32-24+,33-15+,53-52-. The van der Waals surface area contributed by atoms with Gasteiger partial charge in [0.1, 0.15) is 0 Å². The molecule has 14 heteroatoms. The van der Waals surface area contributed by atoms with Crippen LogP contribution >= 0.6 is 0 Å². The summed E-state index contributed by atoms with van der Waals surface area (Å²) in [5, 5.41) is 14.5. The van der Waals surface area contributed by atoms with E-state index in [1.165, 1.54) is 43.6 Å². The SMILES string of the molecule is C=CC(=C\C(=C/C)c1ccnc(N/C(C=C)=C/C=C(\C)C(F)(F)F)n1)/N=N\C(=C\C)\C=C(/C=C)c1ccnc(NC(/C=C\C(=C/C)C(F)(F)F)=C/C)n1. The molecule has 0 radical (unpaired) electrons. The summed E-state index contributed by atoms with van der Waals surface area (Å²) < 4.78 is 78.1. The highest BCUT2D eigenvalue weighted by molar-refractivity contribution is 5.74. The zero-order chi connectivity index (χ0) is 39.6. The summed E-state index contributed by atoms with van der Waals surface area (Å²) in [5.41, 5.74) is 1.98. The van der Waals surface area contributed by atoms with Crippen molar-refractivity contribution >= 4 is 23.0 Å². The Labute approximate surface area is 305 Å². The van der Waals surface area contributed by atoms with Crippen molar-refractivity contribution in [3.05, 3.63) is 169 Å². The molecule has 2 rings (SSSR count). The average Bonchev–Trinajstić information content (AvgIpc) is 3.13. The molecule has 2 aromatic heterocycles. The van der Waals surface area contributed by atoms with Gasteiger partial charge in [0.05, 0.1) is 28.4 Å². The molecule has 0 atom stereocenters. The van der Waals surface area contributed by atoms with Crippen molar-refractivity contribution in [2.24, 2.45) is 10.2 Å². The number of hydrogen-bond donors (Lipinski definition) is 2. The van der Waals surface area contributed by atoms with Gasteiger partial charge in [-0.25, -0.2) is 19.9 Å². The smallest absolute Gasteiger partial charge is 0.324 e. The van der Waals surface area contributed by atoms with E-state index in [0.29, 0.717) is 39.6 Å². The molecule has 0 aromatic carbocycles. The lowest BCUT2D eigenvalue weighted by atomic mass is 10.1. The Balaban J connectivity index is 2.32. The maximum absolute atomic E-state index is 13.1. The second-order valence-electron chi connectivity index (χ2n) is 10.5. The first-order valence-corrected chi connectivity index (χ1v) is 15.9. The quantitative estimate of drug-likeness (QED) is 0.101. The van der Waals surface area contributed by atoms with Crippen molar-refractivity contribution < 1.29 is 26.3 Å². The van der Waals surface area contributed by atoms with E-state index < -0.39 is 23.5 Å². The van der Waals surface area contributed by atoms with Crippen LogP contribution in [0.1, 0.15) is 46.0 Å². The fraction of sp³-hybridized carbons (Fsp3) is 0.179. The van der Waals surface area contributed by atoms with Crippen LogP contribution in [0.5, 0.6) is 0 Å². The molecule has 0 amide bonds. The van der Waals surface area contributed by atoms with Gasteiger partial charge >= 0.3 is 12.4 Å². The molecular weight excluding hydrogens is 694 g/mol. The van der Waals surface area contributed by atoms with Gasteiger partial charge in [-0.3, -0.25) is 0 Å². The molecule has 8 nitrogen and oxygen atoms in total. The molecule has 0 saturated heterocycles. The van der Waals surface area contributed by atoms with Crippen LogP contribution in [-0.2, 0) is 0 Å². The van der Waals surface area contributed by atoms with Gasteiger partial charge in [-0.15, -0.1) is 0 Å². The lowest BCUT2D eigenvalue weighted by Gasteiger charge is -2.09. The Hall–Kier alpha value is -6.18. The Bertz CT molecular complexity index is 1950. The van der Waals surface area contributed by atoms with E-state index >= 15 is 0 Å². The average molecular weight is 735 g/mol. The molecule has 53 heavy (non-hydrogen) atoms. The van der Waals surface area contributed by atoms with Crippen molar-refractivity contribution in [1.29, 1.82) is 0 Å². The first-order valence-electron chi connectivity index (χ1n) is 15.9. The van der Waals surface area contributed by atoms with Crippen LogP contribution in [0.15, 0.2) is 167 Å². The number of anilines is 2. The summed E-state index contributed by atoms with van der Waals surface area (Å²) >= 11 is 0. The number of alkyl halides is 6. The van der Waals surface area contributed by atoms with Crippen LogP contribution in [0.4, 0.5) is 38.2 Å². The second kappa shape index (κ2) is 20.6. The number of halogens is 6. The largest absolute Gasteiger partial charge is 0.416 e. The van der Waals surface area contributed by atoms with Crippen LogP contribution < -0.4 is 10.6 Å². The number of allylic oxidation sites excluding steroid dienone is 17. The van der Waals surface area contributed by atoms with E-state index in [2.05, 4.69) is 60.5 Å². The van der Waals surface area contributed by atoms with E-state index in [4.69, 9.17) is 0 Å². The van der Waals surface area contributed by atoms with Crippen molar-refractivity contribution in [2.45, 2.75) is 47.0 Å². The molecule has 0 unspecified atom stereocenters. The predicted molar refractivity (Wildman–Crippen MR) is 201 cm³/mol. The minimum Gasteiger partial charge on any atom is -0.324 e. The number of rotatable bonds is 16. The number of nitrogens with zero attached hydrogens (tertiary/aromatic N) is 6. The van der Waals surface area contributed by atoms with E-state index in [-0.39, 0.29) is 17.6 Å². The number of hydrogen-bond acceptors (Lipinski definition) is 8. The van der Waals surface area contributed by atoms with Crippen LogP contribution in [0.3, 0.4) is 0 Å². The van der Waals surface area contributed by atoms with Gasteiger partial charge in [0.15, 0.2) is 0 Å². The normalized spacial score (nSPS) is 14.9. The van der Waals surface area contributed by atoms with Gasteiger partial charge in [-0.1, -0.05) is 56.2 Å². The van der Waals surface area contributed by atoms with E-state index in [9.17, 15) is 26.3 Å². The first kappa shape index (κ1) is 43.0. The van der Waals surface area contributed by atoms with Crippen LogP contribution in [0, 0.1) is 0 Å². The van der Waals surface area contributed by atoms with E-state index in [0.717, 1.165) is 25.2 Å². The Morgan fingerprint density at radius 1 is 0.642 bits per heavy atom. The minimum absolute atomic E-state index is 0.130. The first-order chi connectivity index (χ1) is 25.1. The second-order valence-corrected chi connectivity index (χ2v) is 10.5. The van der Waals surface area contributed by atoms with Crippen LogP contribution in [-0.4, -0.2) is 32.3 Å². The molecule has 278 valence electrons. The highest BCUT2D eigenvalue weighted by Gasteiger charge is 2.31. The maximum atomic E-state index is 13.1. The molecule has 0 spiro atoms. The van der Waals surface area contributed by atoms with Crippen molar-refractivity contribution in [3.63, 3.8) is 0 Å². The summed E-state index contributed by atoms with van der Waals surface area (Å²) in [6.45, 7) is 18.8. The molecular formula is C39H40F6N8. The summed E-state index contributed by atoms with van der Waals surface area (Å²) in [5.74, 6) is 0.278. The van der Waals surface area contributed by atoms with Gasteiger partial charge in [-0.05, 0) is 94.9 Å². The molecule has 0 aliphatic heterocycles. The lowest BCUT2D eigenvalue weighted by molar-refractivity contribution is -0.0915. The van der Waals surface area contributed by atoms with Gasteiger partial charge < -0.3 is 10.6 Å². The summed E-state index contributed by atoms with van der Waals surface area (Å²) in [6.07, 6.45) is 12.3. The third kappa shape index (κ3) is 14.2. The highest BCUT2D eigenvalue weighted by atomic mass is 19.4. The summed E-state index contributed by atoms with van der Waals surface area (Å²) in [6, 6.07) is 3.29. The maximum Gasteiger partial charge on any atom is 0.416 e. The highest BCUT2D eigenvalue weighted by Crippen LogP contribution is 2.27. The zero-order valence-electron chi connectivity index (χ0n) is 29.9. The van der Waals surface area contributed by atoms with Crippen molar-refractivity contribution in [2.75, 3.05) is 10.6 Å². The fourth-order valence-electron chi connectivity index (χ4n) is 3.91. The fourth-order valence-corrected chi connectivity index (χ4v) is 3.91. The molecule has 0 aliphatic rings. The Morgan fingerprint density at radius 3 is 1.70 bits per heavy atom. The van der Waals surface area contributed by atoms with Gasteiger partial charge in [0, 0.05) is 34.9 Å². The Kier molecular flexibility index (Phi) is 16.7. The number of azo groups is 1. The molecule has 2 aromatic rings. The molecule has 0 fully saturated rings. The van der Waals surface area contributed by atoms with E-state index in [1.807, 2.05) is 0 Å². The zero-order valence-corrected chi connectivity index (χ0v) is 29.9. The third-order valence-electron chi connectivity index (χ3n) is 6.91. The molecule has 2 N–H and O–H groups in total. The van der Waals surface area contributed by atoms with Crippen molar-refractivity contribution in [3.8, 4) is 0 Å². The van der Waals surface area contributed by atoms with Gasteiger partial charge in [0.2, 0.25) is 11.9 Å². The van der Waals surface area contributed by atoms with Crippen LogP contribution in [0.25, 0.3) is 11.1 Å². The van der Waals surface area contributed by atoms with Crippen molar-refractivity contribution in [1.82, 2.24) is 19.9 Å². The van der Waals surface area contributed by atoms with Gasteiger partial charge in [0.25, 0.3) is 0 Å². The summed E-state index contributed by atoms with van der Waals surface area (Å²) in [4.78, 5) is 17.3. The summed E-state index contributed by atoms with van der Waals surface area (Å²) in [7, 11) is 0. The lowest BCUT2D eigenvalue weighted by Crippen LogP contribution is -2.10.